The molecule has 0 bridgehead atoms. The van der Waals surface area contributed by atoms with Gasteiger partial charge in [-0.1, -0.05) is 0 Å². The van der Waals surface area contributed by atoms with Crippen LogP contribution in [0.2, 0.25) is 0 Å². The fraction of sp³-hybridized carbons (Fsp3) is 0.684. The first-order valence-corrected chi connectivity index (χ1v) is 9.64. The number of nitro groups is 1. The van der Waals surface area contributed by atoms with Crippen LogP contribution in [0.25, 0.3) is 0 Å². The summed E-state index contributed by atoms with van der Waals surface area (Å²) in [6, 6.07) is 5.39. The van der Waals surface area contributed by atoms with E-state index in [4.69, 9.17) is 0 Å². The van der Waals surface area contributed by atoms with E-state index >= 15 is 0 Å². The number of piperazine rings is 2. The maximum atomic E-state index is 11.2. The lowest BCUT2D eigenvalue weighted by molar-refractivity contribution is -0.384. The van der Waals surface area contributed by atoms with Gasteiger partial charge in [-0.2, -0.15) is 0 Å². The fourth-order valence-corrected chi connectivity index (χ4v) is 3.81. The highest BCUT2D eigenvalue weighted by Gasteiger charge is 2.20. The largest absolute Gasteiger partial charge is 0.369 e. The molecule has 0 N–H and O–H groups in total. The minimum Gasteiger partial charge on any atom is -0.369 e. The maximum absolute atomic E-state index is 11.2. The van der Waals surface area contributed by atoms with Crippen molar-refractivity contribution in [1.29, 1.82) is 0 Å². The van der Waals surface area contributed by atoms with Crippen LogP contribution >= 0.6 is 0 Å². The summed E-state index contributed by atoms with van der Waals surface area (Å²) in [5.74, 6) is 0. The van der Waals surface area contributed by atoms with Crippen LogP contribution in [0, 0.1) is 10.1 Å². The van der Waals surface area contributed by atoms with Gasteiger partial charge in [-0.25, -0.2) is 0 Å². The van der Waals surface area contributed by atoms with Crippen LogP contribution in [0.15, 0.2) is 18.2 Å². The summed E-state index contributed by atoms with van der Waals surface area (Å²) in [6.45, 7) is 9.62. The van der Waals surface area contributed by atoms with Gasteiger partial charge in [0.25, 0.3) is 5.69 Å². The molecule has 0 aromatic heterocycles. The van der Waals surface area contributed by atoms with Crippen molar-refractivity contribution in [3.05, 3.63) is 33.9 Å². The van der Waals surface area contributed by atoms with Crippen molar-refractivity contribution in [3.8, 4) is 0 Å². The third-order valence-electron chi connectivity index (χ3n) is 5.63. The van der Waals surface area contributed by atoms with Crippen molar-refractivity contribution in [2.45, 2.75) is 12.8 Å². The molecule has 0 amide bonds. The molecule has 2 heterocycles. The summed E-state index contributed by atoms with van der Waals surface area (Å²) >= 11 is 0. The van der Waals surface area contributed by atoms with Crippen molar-refractivity contribution in [1.82, 2.24) is 14.7 Å². The van der Waals surface area contributed by atoms with Crippen molar-refractivity contribution < 1.29 is 4.92 Å². The van der Waals surface area contributed by atoms with Gasteiger partial charge in [-0.15, -0.1) is 0 Å². The van der Waals surface area contributed by atoms with Crippen molar-refractivity contribution in [2.75, 3.05) is 77.9 Å². The first-order chi connectivity index (χ1) is 12.5. The summed E-state index contributed by atoms with van der Waals surface area (Å²) in [4.78, 5) is 20.5. The first kappa shape index (κ1) is 19.1. The number of likely N-dealkylation sites (N-methyl/N-ethyl adjacent to an activating group) is 2. The Balaban J connectivity index is 1.64. The summed E-state index contributed by atoms with van der Waals surface area (Å²) in [5.41, 5.74) is 2.51. The second kappa shape index (κ2) is 8.79. The smallest absolute Gasteiger partial charge is 0.269 e. The van der Waals surface area contributed by atoms with Gasteiger partial charge in [0.1, 0.15) is 0 Å². The number of benzene rings is 1. The molecule has 1 aromatic rings. The molecule has 0 aliphatic carbocycles. The van der Waals surface area contributed by atoms with Crippen LogP contribution in [-0.4, -0.2) is 92.6 Å². The first-order valence-electron chi connectivity index (χ1n) is 9.64. The van der Waals surface area contributed by atoms with E-state index in [1.54, 1.807) is 12.1 Å². The zero-order valence-electron chi connectivity index (χ0n) is 16.1. The lowest BCUT2D eigenvalue weighted by atomic mass is 10.0. The van der Waals surface area contributed by atoms with E-state index in [-0.39, 0.29) is 10.6 Å². The van der Waals surface area contributed by atoms with Crippen LogP contribution in [0.3, 0.4) is 0 Å². The molecule has 26 heavy (non-hydrogen) atoms. The number of anilines is 1. The van der Waals surface area contributed by atoms with Gasteiger partial charge >= 0.3 is 0 Å². The number of non-ortho nitro benzene ring substituents is 1. The molecule has 7 nitrogen and oxygen atoms in total. The van der Waals surface area contributed by atoms with Crippen LogP contribution < -0.4 is 4.90 Å². The van der Waals surface area contributed by atoms with Crippen molar-refractivity contribution >= 4 is 11.4 Å². The normalized spacial score (nSPS) is 20.5. The fourth-order valence-electron chi connectivity index (χ4n) is 3.81. The SMILES string of the molecule is CN1CCN(CCCc2cc([N+](=O)[O-])ccc2N2CCN(C)CC2)CC1. The summed E-state index contributed by atoms with van der Waals surface area (Å²) in [6.07, 6.45) is 1.95. The van der Waals surface area contributed by atoms with E-state index in [9.17, 15) is 10.1 Å². The molecule has 3 rings (SSSR count). The molecule has 7 heteroatoms. The lowest BCUT2D eigenvalue weighted by Crippen LogP contribution is -2.45. The molecule has 0 unspecified atom stereocenters. The maximum Gasteiger partial charge on any atom is 0.269 e. The zero-order chi connectivity index (χ0) is 18.5. The minimum absolute atomic E-state index is 0.206. The number of nitro benzene ring substituents is 1. The van der Waals surface area contributed by atoms with E-state index in [2.05, 4.69) is 33.7 Å². The van der Waals surface area contributed by atoms with Crippen LogP contribution in [0.1, 0.15) is 12.0 Å². The van der Waals surface area contributed by atoms with Crippen molar-refractivity contribution in [3.63, 3.8) is 0 Å². The Labute approximate surface area is 156 Å². The topological polar surface area (TPSA) is 56.1 Å². The second-order valence-electron chi connectivity index (χ2n) is 7.61. The standard InChI is InChI=1S/C19H31N5O2/c1-20-8-12-22(13-9-20)7-3-4-17-16-18(24(25)26)5-6-19(17)23-14-10-21(2)11-15-23/h5-6,16H,3-4,7-15H2,1-2H3. The van der Waals surface area contributed by atoms with Crippen LogP contribution in [-0.2, 0) is 6.42 Å². The summed E-state index contributed by atoms with van der Waals surface area (Å²) in [7, 11) is 4.31. The van der Waals surface area contributed by atoms with Crippen molar-refractivity contribution in [2.24, 2.45) is 0 Å². The second-order valence-corrected chi connectivity index (χ2v) is 7.61. The molecule has 0 saturated carbocycles. The Kier molecular flexibility index (Phi) is 6.45. The lowest BCUT2D eigenvalue weighted by Gasteiger charge is -2.35. The highest BCUT2D eigenvalue weighted by molar-refractivity contribution is 5.58. The van der Waals surface area contributed by atoms with E-state index in [0.29, 0.717) is 0 Å². The molecule has 1 aromatic carbocycles. The number of hydrogen-bond donors (Lipinski definition) is 0. The molecular formula is C19H31N5O2. The van der Waals surface area contributed by atoms with Gasteiger partial charge in [0.05, 0.1) is 4.92 Å². The van der Waals surface area contributed by atoms with Crippen LogP contribution in [0.5, 0.6) is 0 Å². The molecule has 2 saturated heterocycles. The van der Waals surface area contributed by atoms with Gasteiger partial charge in [-0.3, -0.25) is 10.1 Å². The number of rotatable bonds is 6. The Morgan fingerprint density at radius 2 is 1.58 bits per heavy atom. The molecule has 2 aliphatic rings. The molecular weight excluding hydrogens is 330 g/mol. The predicted octanol–water partition coefficient (Wildman–Crippen LogP) is 1.53. The van der Waals surface area contributed by atoms with E-state index in [0.717, 1.165) is 77.3 Å². The van der Waals surface area contributed by atoms with Gasteiger partial charge < -0.3 is 19.6 Å². The van der Waals surface area contributed by atoms with Gasteiger partial charge in [-0.05, 0) is 45.1 Å². The van der Waals surface area contributed by atoms with Gasteiger partial charge in [0.2, 0.25) is 0 Å². The summed E-state index contributed by atoms with van der Waals surface area (Å²) < 4.78 is 0. The van der Waals surface area contributed by atoms with E-state index in [1.165, 1.54) is 5.69 Å². The molecule has 0 spiro atoms. The summed E-state index contributed by atoms with van der Waals surface area (Å²) in [5, 5.41) is 11.2. The quantitative estimate of drug-likeness (QED) is 0.566. The Morgan fingerprint density at radius 1 is 0.962 bits per heavy atom. The average molecular weight is 361 g/mol. The number of aryl methyl sites for hydroxylation is 1. The average Bonchev–Trinajstić information content (AvgIpc) is 2.64. The Morgan fingerprint density at radius 3 is 2.19 bits per heavy atom. The molecule has 2 aliphatic heterocycles. The molecule has 144 valence electrons. The predicted molar refractivity (Wildman–Crippen MR) is 105 cm³/mol. The highest BCUT2D eigenvalue weighted by Crippen LogP contribution is 2.27. The Hall–Kier alpha value is -1.70. The Bertz CT molecular complexity index is 608. The number of hydrogen-bond acceptors (Lipinski definition) is 6. The van der Waals surface area contributed by atoms with E-state index in [1.807, 2.05) is 6.07 Å². The third kappa shape index (κ3) is 4.93. The van der Waals surface area contributed by atoms with E-state index < -0.39 is 0 Å². The zero-order valence-corrected chi connectivity index (χ0v) is 16.1. The van der Waals surface area contributed by atoms with Gasteiger partial charge in [0, 0.05) is 70.2 Å². The van der Waals surface area contributed by atoms with Gasteiger partial charge in [0.15, 0.2) is 0 Å². The third-order valence-corrected chi connectivity index (χ3v) is 5.63. The molecule has 0 radical (unpaired) electrons. The monoisotopic (exact) mass is 361 g/mol. The molecule has 2 fully saturated rings. The van der Waals surface area contributed by atoms with Crippen LogP contribution in [0.4, 0.5) is 11.4 Å². The highest BCUT2D eigenvalue weighted by atomic mass is 16.6. The molecule has 0 atom stereocenters. The number of nitrogens with zero attached hydrogens (tertiary/aromatic N) is 5. The minimum atomic E-state index is -0.280.